The predicted octanol–water partition coefficient (Wildman–Crippen LogP) is 0.822. The van der Waals surface area contributed by atoms with Gasteiger partial charge in [0, 0.05) is 13.1 Å². The van der Waals surface area contributed by atoms with Gasteiger partial charge in [-0.3, -0.25) is 0 Å². The predicted molar refractivity (Wildman–Crippen MR) is 47.3 cm³/mol. The Hall–Kier alpha value is -0.0900. The number of hydrogen-bond donors (Lipinski definition) is 0. The van der Waals surface area contributed by atoms with E-state index >= 15 is 0 Å². The standard InChI is InChI=1S/C8H15NO2S/c1-12(10,11)9-6-5-8(7-9)3-2-4-8/h2-7H2,1H3. The van der Waals surface area contributed by atoms with Crippen LogP contribution in [0.1, 0.15) is 25.7 Å². The van der Waals surface area contributed by atoms with E-state index in [1.807, 2.05) is 0 Å². The minimum atomic E-state index is -2.92. The molecule has 0 bridgehead atoms. The first-order valence-corrected chi connectivity index (χ1v) is 6.32. The largest absolute Gasteiger partial charge is 0.213 e. The average Bonchev–Trinajstić information content (AvgIpc) is 2.26. The molecule has 1 aliphatic heterocycles. The summed E-state index contributed by atoms with van der Waals surface area (Å²) in [5.74, 6) is 0. The Kier molecular flexibility index (Phi) is 1.74. The van der Waals surface area contributed by atoms with Gasteiger partial charge in [0.1, 0.15) is 0 Å². The van der Waals surface area contributed by atoms with Gasteiger partial charge in [0.2, 0.25) is 10.0 Å². The fraction of sp³-hybridized carbons (Fsp3) is 1.00. The topological polar surface area (TPSA) is 37.4 Å². The highest BCUT2D eigenvalue weighted by atomic mass is 32.2. The Balaban J connectivity index is 2.08. The lowest BCUT2D eigenvalue weighted by Gasteiger charge is -2.37. The first kappa shape index (κ1) is 8.51. The summed E-state index contributed by atoms with van der Waals surface area (Å²) in [6.45, 7) is 1.53. The Labute approximate surface area is 73.8 Å². The summed E-state index contributed by atoms with van der Waals surface area (Å²) >= 11 is 0. The molecule has 0 atom stereocenters. The maximum Gasteiger partial charge on any atom is 0.211 e. The third-order valence-electron chi connectivity index (χ3n) is 3.29. The van der Waals surface area contributed by atoms with Crippen molar-refractivity contribution in [2.24, 2.45) is 5.41 Å². The zero-order valence-electron chi connectivity index (χ0n) is 7.41. The van der Waals surface area contributed by atoms with Gasteiger partial charge in [0.15, 0.2) is 0 Å². The molecule has 1 saturated carbocycles. The quantitative estimate of drug-likeness (QED) is 0.612. The molecular formula is C8H15NO2S. The van der Waals surface area contributed by atoms with Gasteiger partial charge >= 0.3 is 0 Å². The van der Waals surface area contributed by atoms with E-state index in [4.69, 9.17) is 0 Å². The molecule has 0 aromatic heterocycles. The lowest BCUT2D eigenvalue weighted by atomic mass is 9.68. The summed E-state index contributed by atoms with van der Waals surface area (Å²) in [6, 6.07) is 0. The van der Waals surface area contributed by atoms with Crippen LogP contribution in [0.2, 0.25) is 0 Å². The van der Waals surface area contributed by atoms with Gasteiger partial charge in [-0.05, 0) is 24.7 Å². The first-order chi connectivity index (χ1) is 5.52. The van der Waals surface area contributed by atoms with Crippen molar-refractivity contribution in [1.82, 2.24) is 4.31 Å². The maximum atomic E-state index is 11.2. The third kappa shape index (κ3) is 1.27. The van der Waals surface area contributed by atoms with Crippen molar-refractivity contribution in [3.63, 3.8) is 0 Å². The fourth-order valence-electron chi connectivity index (χ4n) is 2.26. The summed E-state index contributed by atoms with van der Waals surface area (Å²) in [5.41, 5.74) is 0.392. The molecule has 2 fully saturated rings. The van der Waals surface area contributed by atoms with Crippen LogP contribution in [0.4, 0.5) is 0 Å². The lowest BCUT2D eigenvalue weighted by Crippen LogP contribution is -2.35. The molecule has 12 heavy (non-hydrogen) atoms. The van der Waals surface area contributed by atoms with E-state index in [2.05, 4.69) is 0 Å². The van der Waals surface area contributed by atoms with E-state index < -0.39 is 10.0 Å². The van der Waals surface area contributed by atoms with Crippen LogP contribution in [0.15, 0.2) is 0 Å². The smallest absolute Gasteiger partial charge is 0.211 e. The van der Waals surface area contributed by atoms with Crippen molar-refractivity contribution < 1.29 is 8.42 Å². The molecule has 0 N–H and O–H groups in total. The van der Waals surface area contributed by atoms with Crippen LogP contribution in [0.3, 0.4) is 0 Å². The van der Waals surface area contributed by atoms with E-state index in [1.165, 1.54) is 25.5 Å². The van der Waals surface area contributed by atoms with Crippen LogP contribution in [0.25, 0.3) is 0 Å². The molecule has 0 aromatic rings. The molecule has 3 nitrogen and oxygen atoms in total. The maximum absolute atomic E-state index is 11.2. The lowest BCUT2D eigenvalue weighted by molar-refractivity contribution is 0.153. The molecule has 0 aromatic carbocycles. The van der Waals surface area contributed by atoms with Gasteiger partial charge in [-0.25, -0.2) is 12.7 Å². The molecule has 1 spiro atoms. The summed E-state index contributed by atoms with van der Waals surface area (Å²) in [6.07, 6.45) is 6.15. The Morgan fingerprint density at radius 1 is 1.25 bits per heavy atom. The van der Waals surface area contributed by atoms with Gasteiger partial charge in [0.25, 0.3) is 0 Å². The molecule has 4 heteroatoms. The van der Waals surface area contributed by atoms with E-state index in [9.17, 15) is 8.42 Å². The Morgan fingerprint density at radius 3 is 2.17 bits per heavy atom. The van der Waals surface area contributed by atoms with Gasteiger partial charge < -0.3 is 0 Å². The van der Waals surface area contributed by atoms with Crippen molar-refractivity contribution in [1.29, 1.82) is 0 Å². The SMILES string of the molecule is CS(=O)(=O)N1CCC2(CCC2)C1. The van der Waals surface area contributed by atoms with Gasteiger partial charge in [-0.2, -0.15) is 0 Å². The zero-order chi connectivity index (χ0) is 8.82. The summed E-state index contributed by atoms with van der Waals surface area (Å²) in [4.78, 5) is 0. The first-order valence-electron chi connectivity index (χ1n) is 4.47. The van der Waals surface area contributed by atoms with Crippen molar-refractivity contribution in [2.45, 2.75) is 25.7 Å². The van der Waals surface area contributed by atoms with Crippen molar-refractivity contribution in [2.75, 3.05) is 19.3 Å². The molecule has 70 valence electrons. The molecule has 1 aliphatic carbocycles. The van der Waals surface area contributed by atoms with Crippen molar-refractivity contribution in [3.8, 4) is 0 Å². The molecule has 1 saturated heterocycles. The molecule has 0 radical (unpaired) electrons. The third-order valence-corrected chi connectivity index (χ3v) is 4.54. The van der Waals surface area contributed by atoms with E-state index in [-0.39, 0.29) is 0 Å². The molecule has 2 aliphatic rings. The van der Waals surface area contributed by atoms with Crippen molar-refractivity contribution in [3.05, 3.63) is 0 Å². The molecule has 1 heterocycles. The van der Waals surface area contributed by atoms with Gasteiger partial charge in [-0.1, -0.05) is 6.42 Å². The number of nitrogens with zero attached hydrogens (tertiary/aromatic N) is 1. The monoisotopic (exact) mass is 189 g/mol. The summed E-state index contributed by atoms with van der Waals surface area (Å²) in [5, 5.41) is 0. The zero-order valence-corrected chi connectivity index (χ0v) is 8.23. The number of sulfonamides is 1. The van der Waals surface area contributed by atoms with E-state index in [0.29, 0.717) is 5.41 Å². The molecule has 0 amide bonds. The molecule has 0 unspecified atom stereocenters. The van der Waals surface area contributed by atoms with E-state index in [1.54, 1.807) is 4.31 Å². The molecular weight excluding hydrogens is 174 g/mol. The Bertz CT molecular complexity index is 279. The minimum Gasteiger partial charge on any atom is -0.213 e. The Morgan fingerprint density at radius 2 is 1.92 bits per heavy atom. The second kappa shape index (κ2) is 2.45. The van der Waals surface area contributed by atoms with Crippen LogP contribution >= 0.6 is 0 Å². The van der Waals surface area contributed by atoms with Crippen LogP contribution in [0.5, 0.6) is 0 Å². The highest BCUT2D eigenvalue weighted by molar-refractivity contribution is 7.88. The van der Waals surface area contributed by atoms with E-state index in [0.717, 1.165) is 19.5 Å². The second-order valence-corrected chi connectivity index (χ2v) is 6.18. The van der Waals surface area contributed by atoms with Crippen molar-refractivity contribution >= 4 is 10.0 Å². The molecule has 2 rings (SSSR count). The minimum absolute atomic E-state index is 0.392. The normalized spacial score (nSPS) is 29.1. The summed E-state index contributed by atoms with van der Waals surface area (Å²) < 4.78 is 24.0. The van der Waals surface area contributed by atoms with Crippen LogP contribution < -0.4 is 0 Å². The average molecular weight is 189 g/mol. The van der Waals surface area contributed by atoms with Crippen LogP contribution in [-0.4, -0.2) is 32.1 Å². The van der Waals surface area contributed by atoms with Gasteiger partial charge in [0.05, 0.1) is 6.26 Å². The van der Waals surface area contributed by atoms with Gasteiger partial charge in [-0.15, -0.1) is 0 Å². The van der Waals surface area contributed by atoms with Crippen LogP contribution in [-0.2, 0) is 10.0 Å². The summed E-state index contributed by atoms with van der Waals surface area (Å²) in [7, 11) is -2.92. The van der Waals surface area contributed by atoms with Crippen LogP contribution in [0, 0.1) is 5.41 Å². The highest BCUT2D eigenvalue weighted by Gasteiger charge is 2.44. The highest BCUT2D eigenvalue weighted by Crippen LogP contribution is 2.48. The number of rotatable bonds is 1. The second-order valence-electron chi connectivity index (χ2n) is 4.20. The fourth-order valence-corrected chi connectivity index (χ4v) is 3.19. The number of hydrogen-bond acceptors (Lipinski definition) is 2.